The Labute approximate surface area is 142 Å². The summed E-state index contributed by atoms with van der Waals surface area (Å²) in [6.45, 7) is 6.01. The fourth-order valence-corrected chi connectivity index (χ4v) is 2.74. The number of carbonyl (C=O) groups excluding carboxylic acids is 1. The highest BCUT2D eigenvalue weighted by molar-refractivity contribution is 5.94. The number of hydrogen-bond donors (Lipinski definition) is 1. The minimum atomic E-state index is -0.0237. The first-order valence-corrected chi connectivity index (χ1v) is 8.38. The van der Waals surface area contributed by atoms with Crippen LogP contribution in [-0.4, -0.2) is 25.7 Å². The summed E-state index contributed by atoms with van der Waals surface area (Å²) in [5, 5.41) is 2.99. The predicted octanol–water partition coefficient (Wildman–Crippen LogP) is 3.69. The van der Waals surface area contributed by atoms with Crippen LogP contribution < -0.4 is 14.8 Å². The van der Waals surface area contributed by atoms with E-state index < -0.39 is 0 Å². The molecule has 126 valence electrons. The van der Waals surface area contributed by atoms with Crippen LogP contribution in [-0.2, 0) is 0 Å². The Hall–Kier alpha value is -2.49. The maximum absolute atomic E-state index is 12.1. The van der Waals surface area contributed by atoms with Gasteiger partial charge in [0.1, 0.15) is 13.2 Å². The van der Waals surface area contributed by atoms with Crippen LogP contribution in [0.2, 0.25) is 0 Å². The van der Waals surface area contributed by atoms with Crippen LogP contribution in [0.5, 0.6) is 11.5 Å². The molecule has 0 fully saturated rings. The Morgan fingerprint density at radius 3 is 2.54 bits per heavy atom. The zero-order chi connectivity index (χ0) is 16.9. The zero-order valence-electron chi connectivity index (χ0n) is 14.2. The van der Waals surface area contributed by atoms with Gasteiger partial charge in [-0.1, -0.05) is 30.7 Å². The number of benzene rings is 2. The standard InChI is InChI=1S/C20H23NO3/c1-14-3-5-16(6-4-14)20(22)21-10-9-15(2)17-7-8-18-19(13-17)24-12-11-23-18/h3-8,13,15H,9-12H2,1-2H3,(H,21,22). The fraction of sp³-hybridized carbons (Fsp3) is 0.350. The van der Waals surface area contributed by atoms with E-state index in [1.807, 2.05) is 43.3 Å². The van der Waals surface area contributed by atoms with E-state index in [4.69, 9.17) is 9.47 Å². The van der Waals surface area contributed by atoms with Crippen LogP contribution in [0.15, 0.2) is 42.5 Å². The maximum Gasteiger partial charge on any atom is 0.251 e. The normalized spacial score (nSPS) is 14.1. The van der Waals surface area contributed by atoms with E-state index in [1.54, 1.807) is 0 Å². The molecular weight excluding hydrogens is 302 g/mol. The lowest BCUT2D eigenvalue weighted by molar-refractivity contribution is 0.0952. The van der Waals surface area contributed by atoms with Crippen LogP contribution in [0, 0.1) is 6.92 Å². The Balaban J connectivity index is 1.53. The van der Waals surface area contributed by atoms with Gasteiger partial charge in [0.05, 0.1) is 0 Å². The van der Waals surface area contributed by atoms with Gasteiger partial charge in [0.25, 0.3) is 5.91 Å². The highest BCUT2D eigenvalue weighted by Gasteiger charge is 2.14. The molecule has 1 N–H and O–H groups in total. The van der Waals surface area contributed by atoms with Crippen LogP contribution in [0.25, 0.3) is 0 Å². The van der Waals surface area contributed by atoms with Crippen molar-refractivity contribution in [2.75, 3.05) is 19.8 Å². The quantitative estimate of drug-likeness (QED) is 0.912. The van der Waals surface area contributed by atoms with Crippen molar-refractivity contribution in [1.29, 1.82) is 0 Å². The van der Waals surface area contributed by atoms with E-state index in [0.717, 1.165) is 23.5 Å². The lowest BCUT2D eigenvalue weighted by Crippen LogP contribution is -2.25. The van der Waals surface area contributed by atoms with Crippen molar-refractivity contribution >= 4 is 5.91 Å². The van der Waals surface area contributed by atoms with Crippen molar-refractivity contribution in [2.24, 2.45) is 0 Å². The number of ether oxygens (including phenoxy) is 2. The van der Waals surface area contributed by atoms with Gasteiger partial charge in [0, 0.05) is 12.1 Å². The molecule has 3 rings (SSSR count). The topological polar surface area (TPSA) is 47.6 Å². The van der Waals surface area contributed by atoms with Gasteiger partial charge >= 0.3 is 0 Å². The molecule has 4 nitrogen and oxygen atoms in total. The zero-order valence-corrected chi connectivity index (χ0v) is 14.2. The largest absolute Gasteiger partial charge is 0.486 e. The Bertz CT molecular complexity index is 709. The van der Waals surface area contributed by atoms with Gasteiger partial charge in [-0.2, -0.15) is 0 Å². The third kappa shape index (κ3) is 3.88. The Morgan fingerprint density at radius 2 is 1.79 bits per heavy atom. The molecule has 1 aliphatic heterocycles. The number of amides is 1. The molecule has 1 atom stereocenters. The van der Waals surface area contributed by atoms with E-state index >= 15 is 0 Å². The second-order valence-electron chi connectivity index (χ2n) is 6.21. The van der Waals surface area contributed by atoms with Gasteiger partial charge in [0.15, 0.2) is 11.5 Å². The molecule has 0 saturated carbocycles. The summed E-state index contributed by atoms with van der Waals surface area (Å²) in [6.07, 6.45) is 0.872. The Morgan fingerprint density at radius 1 is 1.08 bits per heavy atom. The molecule has 4 heteroatoms. The smallest absolute Gasteiger partial charge is 0.251 e. The highest BCUT2D eigenvalue weighted by Crippen LogP contribution is 2.33. The molecule has 1 heterocycles. The second kappa shape index (κ2) is 7.39. The van der Waals surface area contributed by atoms with Crippen LogP contribution in [0.3, 0.4) is 0 Å². The van der Waals surface area contributed by atoms with E-state index in [-0.39, 0.29) is 5.91 Å². The average Bonchev–Trinajstić information content (AvgIpc) is 2.61. The summed E-state index contributed by atoms with van der Waals surface area (Å²) in [5.74, 6) is 1.93. The van der Waals surface area contributed by atoms with Gasteiger partial charge in [-0.15, -0.1) is 0 Å². The summed E-state index contributed by atoms with van der Waals surface area (Å²) in [7, 11) is 0. The molecule has 1 unspecified atom stereocenters. The van der Waals surface area contributed by atoms with E-state index in [0.29, 0.717) is 31.2 Å². The van der Waals surface area contributed by atoms with Gasteiger partial charge in [-0.25, -0.2) is 0 Å². The fourth-order valence-electron chi connectivity index (χ4n) is 2.74. The van der Waals surface area contributed by atoms with Gasteiger partial charge < -0.3 is 14.8 Å². The predicted molar refractivity (Wildman–Crippen MR) is 94.0 cm³/mol. The third-order valence-electron chi connectivity index (χ3n) is 4.31. The minimum absolute atomic E-state index is 0.0237. The monoisotopic (exact) mass is 325 g/mol. The van der Waals surface area contributed by atoms with E-state index in [9.17, 15) is 4.79 Å². The highest BCUT2D eigenvalue weighted by atomic mass is 16.6. The van der Waals surface area contributed by atoms with Crippen molar-refractivity contribution in [3.05, 3.63) is 59.2 Å². The van der Waals surface area contributed by atoms with Crippen LogP contribution >= 0.6 is 0 Å². The number of aryl methyl sites for hydroxylation is 1. The van der Waals surface area contributed by atoms with Crippen LogP contribution in [0.4, 0.5) is 0 Å². The van der Waals surface area contributed by atoms with Gasteiger partial charge in [0.2, 0.25) is 0 Å². The van der Waals surface area contributed by atoms with Crippen molar-refractivity contribution < 1.29 is 14.3 Å². The van der Waals surface area contributed by atoms with Crippen molar-refractivity contribution in [2.45, 2.75) is 26.2 Å². The maximum atomic E-state index is 12.1. The number of fused-ring (bicyclic) bond motifs is 1. The first-order valence-electron chi connectivity index (χ1n) is 8.38. The first kappa shape index (κ1) is 16.4. The molecule has 0 bridgehead atoms. The number of hydrogen-bond acceptors (Lipinski definition) is 3. The second-order valence-corrected chi connectivity index (χ2v) is 6.21. The molecule has 0 aliphatic carbocycles. The molecule has 0 aromatic heterocycles. The number of carbonyl (C=O) groups is 1. The average molecular weight is 325 g/mol. The molecule has 24 heavy (non-hydrogen) atoms. The van der Waals surface area contributed by atoms with Gasteiger partial charge in [-0.05, 0) is 49.1 Å². The summed E-state index contributed by atoms with van der Waals surface area (Å²) in [6, 6.07) is 13.7. The van der Waals surface area contributed by atoms with Crippen LogP contribution in [0.1, 0.15) is 40.7 Å². The lowest BCUT2D eigenvalue weighted by Gasteiger charge is -2.20. The van der Waals surface area contributed by atoms with E-state index in [2.05, 4.69) is 18.3 Å². The number of rotatable bonds is 5. The summed E-state index contributed by atoms with van der Waals surface area (Å²) in [4.78, 5) is 12.1. The van der Waals surface area contributed by atoms with Crippen molar-refractivity contribution in [3.8, 4) is 11.5 Å². The molecule has 0 saturated heterocycles. The van der Waals surface area contributed by atoms with E-state index in [1.165, 1.54) is 5.56 Å². The van der Waals surface area contributed by atoms with Crippen molar-refractivity contribution in [1.82, 2.24) is 5.32 Å². The Kier molecular flexibility index (Phi) is 5.04. The minimum Gasteiger partial charge on any atom is -0.486 e. The SMILES string of the molecule is Cc1ccc(C(=O)NCCC(C)c2ccc3c(c2)OCCO3)cc1. The summed E-state index contributed by atoms with van der Waals surface area (Å²) in [5.41, 5.74) is 3.05. The molecular formula is C20H23NO3. The van der Waals surface area contributed by atoms with Gasteiger partial charge in [-0.3, -0.25) is 4.79 Å². The molecule has 1 aliphatic rings. The molecule has 0 spiro atoms. The third-order valence-corrected chi connectivity index (χ3v) is 4.31. The molecule has 2 aromatic rings. The molecule has 0 radical (unpaired) electrons. The summed E-state index contributed by atoms with van der Waals surface area (Å²) < 4.78 is 11.2. The summed E-state index contributed by atoms with van der Waals surface area (Å²) >= 11 is 0. The first-order chi connectivity index (χ1) is 11.6. The molecule has 2 aromatic carbocycles. The van der Waals surface area contributed by atoms with Crippen molar-refractivity contribution in [3.63, 3.8) is 0 Å². The lowest BCUT2D eigenvalue weighted by atomic mass is 9.97. The molecule has 1 amide bonds. The number of nitrogens with one attached hydrogen (secondary N) is 1.